The normalized spacial score (nSPS) is 10.4. The van der Waals surface area contributed by atoms with E-state index < -0.39 is 0 Å². The van der Waals surface area contributed by atoms with E-state index in [1.54, 1.807) is 24.9 Å². The van der Waals surface area contributed by atoms with Crippen molar-refractivity contribution in [2.75, 3.05) is 13.7 Å². The van der Waals surface area contributed by atoms with Gasteiger partial charge in [-0.1, -0.05) is 11.8 Å². The molecular weight excluding hydrogens is 286 g/mol. The molecule has 1 heterocycles. The van der Waals surface area contributed by atoms with Crippen LogP contribution in [-0.2, 0) is 12.3 Å². The van der Waals surface area contributed by atoms with Crippen molar-refractivity contribution < 1.29 is 4.74 Å². The lowest BCUT2D eigenvalue weighted by atomic mass is 10.1. The first-order valence-electron chi connectivity index (χ1n) is 6.49. The van der Waals surface area contributed by atoms with Crippen molar-refractivity contribution in [2.24, 2.45) is 5.73 Å². The van der Waals surface area contributed by atoms with Crippen molar-refractivity contribution in [3.8, 4) is 11.8 Å². The number of nitrogens with zero attached hydrogens (tertiary/aromatic N) is 4. The first-order chi connectivity index (χ1) is 10.2. The number of hydrogen-bond acceptors (Lipinski definition) is 6. The zero-order valence-corrected chi connectivity index (χ0v) is 12.9. The zero-order valence-electron chi connectivity index (χ0n) is 12.0. The third-order valence-corrected chi connectivity index (χ3v) is 4.04. The van der Waals surface area contributed by atoms with Gasteiger partial charge < -0.3 is 15.0 Å². The molecule has 0 unspecified atom stereocenters. The standard InChI is InChI=1S/C14H17N5OS/c1-10-17-18-14(19(10)6-5-15)21-9-12-7-11(8-16)3-4-13(12)20-2/h3-4,7H,5-6,9,15H2,1-2H3. The average Bonchev–Trinajstić information content (AvgIpc) is 2.86. The van der Waals surface area contributed by atoms with Crippen LogP contribution in [-0.4, -0.2) is 28.4 Å². The van der Waals surface area contributed by atoms with Crippen LogP contribution < -0.4 is 10.5 Å². The third-order valence-electron chi connectivity index (χ3n) is 3.02. The summed E-state index contributed by atoms with van der Waals surface area (Å²) in [7, 11) is 1.62. The Morgan fingerprint density at radius 2 is 2.24 bits per heavy atom. The van der Waals surface area contributed by atoms with Gasteiger partial charge in [0, 0.05) is 24.4 Å². The Kier molecular flexibility index (Phi) is 5.20. The maximum absolute atomic E-state index is 8.99. The van der Waals surface area contributed by atoms with Crippen molar-refractivity contribution >= 4 is 11.8 Å². The highest BCUT2D eigenvalue weighted by Crippen LogP contribution is 2.28. The number of aryl methyl sites for hydroxylation is 1. The van der Waals surface area contributed by atoms with Crippen LogP contribution in [0.25, 0.3) is 0 Å². The molecule has 21 heavy (non-hydrogen) atoms. The molecule has 0 spiro atoms. The van der Waals surface area contributed by atoms with Gasteiger partial charge in [0.2, 0.25) is 0 Å². The Morgan fingerprint density at radius 3 is 2.90 bits per heavy atom. The Bertz CT molecular complexity index is 662. The van der Waals surface area contributed by atoms with Crippen LogP contribution in [0.5, 0.6) is 5.75 Å². The molecule has 0 amide bonds. The highest BCUT2D eigenvalue weighted by atomic mass is 32.2. The van der Waals surface area contributed by atoms with Crippen LogP contribution in [0.2, 0.25) is 0 Å². The summed E-state index contributed by atoms with van der Waals surface area (Å²) in [5, 5.41) is 18.1. The van der Waals surface area contributed by atoms with Gasteiger partial charge in [-0.25, -0.2) is 0 Å². The Labute approximate surface area is 127 Å². The molecule has 7 heteroatoms. The monoisotopic (exact) mass is 303 g/mol. The Balaban J connectivity index is 2.18. The van der Waals surface area contributed by atoms with Crippen LogP contribution >= 0.6 is 11.8 Å². The highest BCUT2D eigenvalue weighted by molar-refractivity contribution is 7.98. The van der Waals surface area contributed by atoms with Gasteiger partial charge in [-0.2, -0.15) is 5.26 Å². The van der Waals surface area contributed by atoms with Gasteiger partial charge >= 0.3 is 0 Å². The second-order valence-corrected chi connectivity index (χ2v) is 5.34. The summed E-state index contributed by atoms with van der Waals surface area (Å²) in [6.07, 6.45) is 0. The summed E-state index contributed by atoms with van der Waals surface area (Å²) >= 11 is 1.55. The van der Waals surface area contributed by atoms with Crippen LogP contribution in [0.3, 0.4) is 0 Å². The number of benzene rings is 1. The van der Waals surface area contributed by atoms with Gasteiger partial charge in [0.15, 0.2) is 5.16 Å². The summed E-state index contributed by atoms with van der Waals surface area (Å²) in [5.41, 5.74) is 7.18. The van der Waals surface area contributed by atoms with Crippen molar-refractivity contribution in [3.05, 3.63) is 35.2 Å². The lowest BCUT2D eigenvalue weighted by Gasteiger charge is -2.09. The molecule has 6 nitrogen and oxygen atoms in total. The molecule has 0 saturated carbocycles. The van der Waals surface area contributed by atoms with Crippen molar-refractivity contribution in [3.63, 3.8) is 0 Å². The predicted octanol–water partition coefficient (Wildman–Crippen LogP) is 1.72. The number of thioether (sulfide) groups is 1. The summed E-state index contributed by atoms with van der Waals surface area (Å²) in [5.74, 6) is 2.27. The van der Waals surface area contributed by atoms with E-state index in [0.717, 1.165) is 22.3 Å². The number of nitriles is 1. The number of rotatable bonds is 6. The number of hydrogen-bond donors (Lipinski definition) is 1. The highest BCUT2D eigenvalue weighted by Gasteiger charge is 2.11. The largest absolute Gasteiger partial charge is 0.496 e. The van der Waals surface area contributed by atoms with Crippen molar-refractivity contribution in [1.29, 1.82) is 5.26 Å². The first kappa shape index (κ1) is 15.4. The van der Waals surface area contributed by atoms with E-state index in [-0.39, 0.29) is 0 Å². The summed E-state index contributed by atoms with van der Waals surface area (Å²) < 4.78 is 7.32. The molecule has 0 aliphatic carbocycles. The summed E-state index contributed by atoms with van der Waals surface area (Å²) in [4.78, 5) is 0. The van der Waals surface area contributed by atoms with E-state index in [4.69, 9.17) is 15.7 Å². The second kappa shape index (κ2) is 7.11. The molecule has 0 saturated heterocycles. The van der Waals surface area contributed by atoms with E-state index in [9.17, 15) is 0 Å². The van der Waals surface area contributed by atoms with E-state index in [1.165, 1.54) is 0 Å². The molecule has 0 aliphatic heterocycles. The fourth-order valence-corrected chi connectivity index (χ4v) is 2.95. The SMILES string of the molecule is COc1ccc(C#N)cc1CSc1nnc(C)n1CCN. The minimum atomic E-state index is 0.541. The topological polar surface area (TPSA) is 89.8 Å². The number of methoxy groups -OCH3 is 1. The molecule has 110 valence electrons. The van der Waals surface area contributed by atoms with Crippen LogP contribution in [0, 0.1) is 18.3 Å². The van der Waals surface area contributed by atoms with E-state index in [1.807, 2.05) is 23.6 Å². The van der Waals surface area contributed by atoms with Gasteiger partial charge in [0.05, 0.1) is 18.7 Å². The third kappa shape index (κ3) is 3.54. The lowest BCUT2D eigenvalue weighted by Crippen LogP contribution is -2.12. The van der Waals surface area contributed by atoms with E-state index in [0.29, 0.717) is 24.4 Å². The molecule has 0 atom stereocenters. The predicted molar refractivity (Wildman–Crippen MR) is 81.1 cm³/mol. The second-order valence-electron chi connectivity index (χ2n) is 4.40. The maximum Gasteiger partial charge on any atom is 0.191 e. The first-order valence-corrected chi connectivity index (χ1v) is 7.47. The van der Waals surface area contributed by atoms with E-state index >= 15 is 0 Å². The van der Waals surface area contributed by atoms with Crippen LogP contribution in [0.15, 0.2) is 23.4 Å². The molecule has 2 rings (SSSR count). The summed E-state index contributed by atoms with van der Waals surface area (Å²) in [6.45, 7) is 3.14. The quantitative estimate of drug-likeness (QED) is 0.817. The molecule has 0 fully saturated rings. The fraction of sp³-hybridized carbons (Fsp3) is 0.357. The van der Waals surface area contributed by atoms with Gasteiger partial charge in [-0.3, -0.25) is 0 Å². The number of nitrogens with two attached hydrogens (primary N) is 1. The minimum absolute atomic E-state index is 0.541. The van der Waals surface area contributed by atoms with Crippen LogP contribution in [0.4, 0.5) is 0 Å². The molecule has 1 aromatic carbocycles. The maximum atomic E-state index is 8.99. The molecule has 2 N–H and O–H groups in total. The Hall–Kier alpha value is -2.04. The smallest absolute Gasteiger partial charge is 0.191 e. The van der Waals surface area contributed by atoms with E-state index in [2.05, 4.69) is 16.3 Å². The minimum Gasteiger partial charge on any atom is -0.496 e. The summed E-state index contributed by atoms with van der Waals surface area (Å²) in [6, 6.07) is 7.53. The molecule has 0 bridgehead atoms. The van der Waals surface area contributed by atoms with Gasteiger partial charge in [-0.05, 0) is 25.1 Å². The molecular formula is C14H17N5OS. The Morgan fingerprint density at radius 1 is 1.43 bits per heavy atom. The van der Waals surface area contributed by atoms with Gasteiger partial charge in [-0.15, -0.1) is 10.2 Å². The molecule has 0 radical (unpaired) electrons. The lowest BCUT2D eigenvalue weighted by molar-refractivity contribution is 0.411. The molecule has 1 aromatic heterocycles. The fourth-order valence-electron chi connectivity index (χ4n) is 1.96. The number of ether oxygens (including phenoxy) is 1. The van der Waals surface area contributed by atoms with Gasteiger partial charge in [0.1, 0.15) is 11.6 Å². The van der Waals surface area contributed by atoms with Crippen molar-refractivity contribution in [2.45, 2.75) is 24.4 Å². The number of aromatic nitrogens is 3. The van der Waals surface area contributed by atoms with Crippen molar-refractivity contribution in [1.82, 2.24) is 14.8 Å². The van der Waals surface area contributed by atoms with Gasteiger partial charge in [0.25, 0.3) is 0 Å². The molecule has 0 aliphatic rings. The molecule has 2 aromatic rings. The van der Waals surface area contributed by atoms with Crippen LogP contribution in [0.1, 0.15) is 17.0 Å². The average molecular weight is 303 g/mol. The zero-order chi connectivity index (χ0) is 15.2.